The molecule has 2 aliphatic rings. The maximum absolute atomic E-state index is 11.5. The molecule has 0 radical (unpaired) electrons. The fourth-order valence-corrected chi connectivity index (χ4v) is 2.74. The van der Waals surface area contributed by atoms with E-state index in [0.29, 0.717) is 6.42 Å². The highest BCUT2D eigenvalue weighted by molar-refractivity contribution is 5.75. The van der Waals surface area contributed by atoms with Gasteiger partial charge in [0.15, 0.2) is 0 Å². The molecular weight excluding hydrogens is 200 g/mol. The van der Waals surface area contributed by atoms with Gasteiger partial charge in [-0.3, -0.25) is 4.79 Å². The van der Waals surface area contributed by atoms with Gasteiger partial charge >= 0.3 is 5.97 Å². The van der Waals surface area contributed by atoms with Gasteiger partial charge in [-0.1, -0.05) is 0 Å². The summed E-state index contributed by atoms with van der Waals surface area (Å²) < 4.78 is 4.91. The number of hydrogen-bond donors (Lipinski definition) is 3. The number of fused-ring (bicyclic) bond motifs is 1. The Labute approximate surface area is 87.7 Å². The molecule has 15 heavy (non-hydrogen) atoms. The van der Waals surface area contributed by atoms with Crippen LogP contribution in [0.5, 0.6) is 0 Å². The zero-order valence-electron chi connectivity index (χ0n) is 8.59. The number of carbonyl (C=O) groups is 1. The van der Waals surface area contributed by atoms with Crippen LogP contribution in [-0.2, 0) is 9.53 Å². The van der Waals surface area contributed by atoms with Crippen molar-refractivity contribution in [2.75, 3.05) is 13.2 Å². The Balaban J connectivity index is 2.29. The van der Waals surface area contributed by atoms with Crippen molar-refractivity contribution in [3.63, 3.8) is 0 Å². The van der Waals surface area contributed by atoms with Gasteiger partial charge in [0.2, 0.25) is 0 Å². The smallest absolute Gasteiger partial charge is 0.312 e. The van der Waals surface area contributed by atoms with Crippen LogP contribution in [0.25, 0.3) is 0 Å². The summed E-state index contributed by atoms with van der Waals surface area (Å²) in [5.41, 5.74) is -1.43. The molecule has 1 aliphatic carbocycles. The molecule has 1 saturated carbocycles. The van der Waals surface area contributed by atoms with Crippen molar-refractivity contribution < 1.29 is 24.9 Å². The lowest BCUT2D eigenvalue weighted by atomic mass is 9.78. The van der Waals surface area contributed by atoms with E-state index < -0.39 is 23.6 Å². The topological polar surface area (TPSA) is 87.0 Å². The summed E-state index contributed by atoms with van der Waals surface area (Å²) in [5, 5.41) is 28.8. The molecule has 5 heteroatoms. The minimum Gasteiger partial charge on any atom is -0.465 e. The molecular formula is C10H16O5. The number of hydrogen-bond acceptors (Lipinski definition) is 5. The van der Waals surface area contributed by atoms with Crippen LogP contribution >= 0.6 is 0 Å². The van der Waals surface area contributed by atoms with E-state index in [1.54, 1.807) is 0 Å². The van der Waals surface area contributed by atoms with Crippen LogP contribution in [0.4, 0.5) is 0 Å². The standard InChI is InChI=1S/C10H16O5/c1-10(14)7(12)2-6-5(3-11)4-15-9(13)8(6)10/h5-8,11-12,14H,2-4H2,1H3/t5-,6+,7-,8+,10+/m0/s1. The monoisotopic (exact) mass is 216 g/mol. The van der Waals surface area contributed by atoms with Crippen molar-refractivity contribution in [1.29, 1.82) is 0 Å². The maximum Gasteiger partial charge on any atom is 0.312 e. The predicted octanol–water partition coefficient (Wildman–Crippen LogP) is -1.10. The number of esters is 1. The van der Waals surface area contributed by atoms with Gasteiger partial charge in [0.25, 0.3) is 0 Å². The lowest BCUT2D eigenvalue weighted by Gasteiger charge is -2.35. The molecule has 1 heterocycles. The highest BCUT2D eigenvalue weighted by atomic mass is 16.5. The first-order valence-electron chi connectivity index (χ1n) is 5.16. The van der Waals surface area contributed by atoms with Crippen molar-refractivity contribution in [1.82, 2.24) is 0 Å². The van der Waals surface area contributed by atoms with E-state index in [4.69, 9.17) is 9.84 Å². The van der Waals surface area contributed by atoms with E-state index in [9.17, 15) is 15.0 Å². The van der Waals surface area contributed by atoms with Crippen LogP contribution in [0.2, 0.25) is 0 Å². The Kier molecular flexibility index (Phi) is 2.48. The molecule has 0 aromatic heterocycles. The van der Waals surface area contributed by atoms with Crippen molar-refractivity contribution in [3.8, 4) is 0 Å². The number of ether oxygens (including phenoxy) is 1. The molecule has 0 unspecified atom stereocenters. The number of carbonyl (C=O) groups excluding carboxylic acids is 1. The normalized spacial score (nSPS) is 50.0. The van der Waals surface area contributed by atoms with Crippen molar-refractivity contribution in [2.24, 2.45) is 17.8 Å². The van der Waals surface area contributed by atoms with Crippen LogP contribution < -0.4 is 0 Å². The maximum atomic E-state index is 11.5. The molecule has 1 saturated heterocycles. The van der Waals surface area contributed by atoms with E-state index in [2.05, 4.69) is 0 Å². The minimum atomic E-state index is -1.43. The van der Waals surface area contributed by atoms with Gasteiger partial charge in [-0.05, 0) is 19.3 Å². The highest BCUT2D eigenvalue weighted by Gasteiger charge is 2.58. The molecule has 3 N–H and O–H groups in total. The Morgan fingerprint density at radius 3 is 2.87 bits per heavy atom. The van der Waals surface area contributed by atoms with Gasteiger partial charge in [-0.2, -0.15) is 0 Å². The SMILES string of the molecule is C[C@@]1(O)[C@@H](O)C[C@@H]2[C@@H](CO)COC(=O)[C@@H]21. The summed E-state index contributed by atoms with van der Waals surface area (Å²) >= 11 is 0. The quantitative estimate of drug-likeness (QED) is 0.484. The zero-order valence-corrected chi connectivity index (χ0v) is 8.59. The van der Waals surface area contributed by atoms with E-state index in [1.807, 2.05) is 0 Å². The minimum absolute atomic E-state index is 0.0861. The number of aliphatic hydroxyl groups is 3. The first-order valence-corrected chi connectivity index (χ1v) is 5.16. The molecule has 0 bridgehead atoms. The molecule has 5 nitrogen and oxygen atoms in total. The third-order valence-corrected chi connectivity index (χ3v) is 3.76. The van der Waals surface area contributed by atoms with Gasteiger partial charge in [0.1, 0.15) is 5.60 Å². The van der Waals surface area contributed by atoms with Crippen LogP contribution in [0.15, 0.2) is 0 Å². The van der Waals surface area contributed by atoms with Gasteiger partial charge in [0.05, 0.1) is 18.6 Å². The summed E-state index contributed by atoms with van der Waals surface area (Å²) in [4.78, 5) is 11.5. The van der Waals surface area contributed by atoms with E-state index in [-0.39, 0.29) is 25.0 Å². The Morgan fingerprint density at radius 1 is 1.60 bits per heavy atom. The molecule has 86 valence electrons. The van der Waals surface area contributed by atoms with Crippen molar-refractivity contribution in [2.45, 2.75) is 25.0 Å². The summed E-state index contributed by atoms with van der Waals surface area (Å²) in [6.45, 7) is 1.54. The first-order chi connectivity index (χ1) is 6.98. The number of cyclic esters (lactones) is 1. The van der Waals surface area contributed by atoms with E-state index >= 15 is 0 Å². The number of aliphatic hydroxyl groups excluding tert-OH is 2. The highest BCUT2D eigenvalue weighted by Crippen LogP contribution is 2.46. The summed E-state index contributed by atoms with van der Waals surface area (Å²) in [7, 11) is 0. The largest absolute Gasteiger partial charge is 0.465 e. The Morgan fingerprint density at radius 2 is 2.27 bits per heavy atom. The summed E-state index contributed by atoms with van der Waals surface area (Å²) in [6.07, 6.45) is -0.579. The second-order valence-corrected chi connectivity index (χ2v) is 4.69. The van der Waals surface area contributed by atoms with Crippen LogP contribution in [0, 0.1) is 17.8 Å². The molecule has 0 aromatic carbocycles. The van der Waals surface area contributed by atoms with Crippen LogP contribution in [-0.4, -0.2) is 46.2 Å². The first kappa shape index (κ1) is 10.9. The lowest BCUT2D eigenvalue weighted by molar-refractivity contribution is -0.174. The second-order valence-electron chi connectivity index (χ2n) is 4.69. The van der Waals surface area contributed by atoms with Gasteiger partial charge in [-0.15, -0.1) is 0 Å². The van der Waals surface area contributed by atoms with Crippen LogP contribution in [0.3, 0.4) is 0 Å². The fourth-order valence-electron chi connectivity index (χ4n) is 2.74. The van der Waals surface area contributed by atoms with Crippen LogP contribution in [0.1, 0.15) is 13.3 Å². The second kappa shape index (κ2) is 3.43. The molecule has 1 aliphatic heterocycles. The Hall–Kier alpha value is -0.650. The molecule has 0 amide bonds. The third-order valence-electron chi connectivity index (χ3n) is 3.76. The van der Waals surface area contributed by atoms with Crippen molar-refractivity contribution >= 4 is 5.97 Å². The molecule has 0 aromatic rings. The zero-order chi connectivity index (χ0) is 11.2. The van der Waals surface area contributed by atoms with Crippen molar-refractivity contribution in [3.05, 3.63) is 0 Å². The van der Waals surface area contributed by atoms with E-state index in [0.717, 1.165) is 0 Å². The molecule has 0 spiro atoms. The summed E-state index contributed by atoms with van der Waals surface area (Å²) in [6, 6.07) is 0. The van der Waals surface area contributed by atoms with Gasteiger partial charge < -0.3 is 20.1 Å². The number of rotatable bonds is 1. The molecule has 5 atom stereocenters. The third kappa shape index (κ3) is 1.46. The molecule has 2 fully saturated rings. The van der Waals surface area contributed by atoms with Gasteiger partial charge in [0, 0.05) is 12.5 Å². The fraction of sp³-hybridized carbons (Fsp3) is 0.900. The van der Waals surface area contributed by atoms with Gasteiger partial charge in [-0.25, -0.2) is 0 Å². The predicted molar refractivity (Wildman–Crippen MR) is 49.8 cm³/mol. The average molecular weight is 216 g/mol. The average Bonchev–Trinajstić information content (AvgIpc) is 2.40. The lowest BCUT2D eigenvalue weighted by Crippen LogP contribution is -2.49. The van der Waals surface area contributed by atoms with E-state index in [1.165, 1.54) is 6.92 Å². The Bertz CT molecular complexity index is 275. The summed E-state index contributed by atoms with van der Waals surface area (Å²) in [5.74, 6) is -1.53. The molecule has 2 rings (SSSR count).